The van der Waals surface area contributed by atoms with Crippen molar-refractivity contribution < 1.29 is 0 Å². The Hall–Kier alpha value is -0.480. The second kappa shape index (κ2) is 2.00. The Balaban J connectivity index is 2.83. The maximum atomic E-state index is 4.25. The van der Waals surface area contributed by atoms with Crippen molar-refractivity contribution in [2.45, 2.75) is 13.8 Å². The lowest BCUT2D eigenvalue weighted by Gasteiger charge is -1.73. The highest BCUT2D eigenvalue weighted by molar-refractivity contribution is 7.37. The summed E-state index contributed by atoms with van der Waals surface area (Å²) >= 11 is 3.44. The predicted octanol–water partition coefficient (Wildman–Crippen LogP) is 2.37. The lowest BCUT2D eigenvalue weighted by molar-refractivity contribution is 1.25. The molecule has 0 N–H and O–H groups in total. The van der Waals surface area contributed by atoms with Crippen LogP contribution in [0, 0.1) is 13.8 Å². The van der Waals surface area contributed by atoms with Gasteiger partial charge in [0.15, 0.2) is 5.65 Å². The van der Waals surface area contributed by atoms with Crippen molar-refractivity contribution in [2.24, 2.45) is 0 Å². The third kappa shape index (κ3) is 0.839. The highest BCUT2D eigenvalue weighted by Crippen LogP contribution is 2.26. The Morgan fingerprint density at radius 2 is 1.50 bits per heavy atom. The van der Waals surface area contributed by atoms with E-state index in [0.29, 0.717) is 0 Å². The van der Waals surface area contributed by atoms with Crippen LogP contribution >= 0.6 is 22.7 Å². The van der Waals surface area contributed by atoms with E-state index in [0.717, 1.165) is 15.7 Å². The van der Waals surface area contributed by atoms with Gasteiger partial charge in [0.05, 0.1) is 10.0 Å². The van der Waals surface area contributed by atoms with Crippen LogP contribution in [-0.4, -0.2) is 9.97 Å². The van der Waals surface area contributed by atoms with Gasteiger partial charge in [-0.1, -0.05) is 0 Å². The van der Waals surface area contributed by atoms with Gasteiger partial charge in [0.2, 0.25) is 0 Å². The van der Waals surface area contributed by atoms with Crippen LogP contribution < -0.4 is 0 Å². The fourth-order valence-corrected chi connectivity index (χ4v) is 2.90. The Morgan fingerprint density at radius 3 is 1.90 bits per heavy atom. The lowest BCUT2D eigenvalue weighted by Crippen LogP contribution is -1.69. The molecule has 0 bridgehead atoms. The summed E-state index contributed by atoms with van der Waals surface area (Å²) in [6.45, 7) is 4.02. The van der Waals surface area contributed by atoms with Crippen LogP contribution in [0.2, 0.25) is 0 Å². The number of nitrogens with zero attached hydrogens (tertiary/aromatic N) is 2. The maximum Gasteiger partial charge on any atom is 0.182 e. The summed E-state index contributed by atoms with van der Waals surface area (Å²) in [6.07, 6.45) is 0. The summed E-state index contributed by atoms with van der Waals surface area (Å²) in [5.41, 5.74) is 0.921. The molecule has 0 aromatic carbocycles. The average Bonchev–Trinajstić information content (AvgIpc) is 2.21. The molecule has 2 heterocycles. The van der Waals surface area contributed by atoms with Crippen LogP contribution in [0.3, 0.4) is 0 Å². The highest BCUT2D eigenvalue weighted by atomic mass is 32.2. The molecule has 0 amide bonds. The minimum absolute atomic E-state index is 0.921. The number of hydrogen-bond acceptors (Lipinski definition) is 4. The van der Waals surface area contributed by atoms with E-state index in [1.165, 1.54) is 4.01 Å². The van der Waals surface area contributed by atoms with Gasteiger partial charge < -0.3 is 0 Å². The molecule has 10 heavy (non-hydrogen) atoms. The molecule has 2 aromatic rings. The second-order valence-electron chi connectivity index (χ2n) is 2.08. The number of rotatable bonds is 0. The average molecular weight is 170 g/mol. The molecular weight excluding hydrogens is 164 g/mol. The van der Waals surface area contributed by atoms with Gasteiger partial charge >= 0.3 is 0 Å². The van der Waals surface area contributed by atoms with Crippen LogP contribution in [0.25, 0.3) is 9.66 Å². The molecule has 2 aromatic heterocycles. The van der Waals surface area contributed by atoms with E-state index < -0.39 is 0 Å². The van der Waals surface area contributed by atoms with Gasteiger partial charge in [0, 0.05) is 0 Å². The first-order chi connectivity index (χ1) is 4.75. The lowest BCUT2D eigenvalue weighted by atomic mass is 10.8. The molecule has 0 unspecified atom stereocenters. The Kier molecular flexibility index (Phi) is 1.25. The molecule has 0 aliphatic carbocycles. The number of hydrogen-bond donors (Lipinski definition) is 0. The summed E-state index contributed by atoms with van der Waals surface area (Å²) < 4.78 is 1.25. The minimum atomic E-state index is 0.921. The third-order valence-corrected chi connectivity index (χ3v) is 3.20. The zero-order valence-corrected chi connectivity index (χ0v) is 7.34. The molecule has 0 atom stereocenters. The monoisotopic (exact) mass is 170 g/mol. The summed E-state index contributed by atoms with van der Waals surface area (Å²) in [5, 5.41) is 2.21. The Morgan fingerprint density at radius 1 is 1.00 bits per heavy atom. The van der Waals surface area contributed by atoms with Gasteiger partial charge in [-0.15, -0.1) is 22.7 Å². The smallest absolute Gasteiger partial charge is 0.182 e. The molecule has 0 saturated carbocycles. The normalized spacial score (nSPS) is 11.0. The van der Waals surface area contributed by atoms with Gasteiger partial charge in [-0.05, 0) is 13.8 Å². The maximum absolute atomic E-state index is 4.25. The zero-order chi connectivity index (χ0) is 7.14. The number of aromatic nitrogens is 2. The third-order valence-electron chi connectivity index (χ3n) is 1.19. The number of aryl methyl sites for hydroxylation is 2. The van der Waals surface area contributed by atoms with Crippen molar-refractivity contribution in [1.29, 1.82) is 0 Å². The topological polar surface area (TPSA) is 25.8 Å². The van der Waals surface area contributed by atoms with E-state index in [2.05, 4.69) is 9.97 Å². The van der Waals surface area contributed by atoms with Gasteiger partial charge in [-0.25, -0.2) is 9.97 Å². The van der Waals surface area contributed by atoms with Crippen molar-refractivity contribution in [3.63, 3.8) is 0 Å². The molecule has 52 valence electrons. The first-order valence-electron chi connectivity index (χ1n) is 2.96. The van der Waals surface area contributed by atoms with E-state index in [4.69, 9.17) is 0 Å². The van der Waals surface area contributed by atoms with Crippen molar-refractivity contribution in [3.8, 4) is 0 Å². The van der Waals surface area contributed by atoms with Crippen molar-refractivity contribution >= 4 is 32.3 Å². The van der Waals surface area contributed by atoms with E-state index in [-0.39, 0.29) is 0 Å². The van der Waals surface area contributed by atoms with Crippen LogP contribution in [-0.2, 0) is 0 Å². The van der Waals surface area contributed by atoms with Crippen molar-refractivity contribution in [1.82, 2.24) is 9.97 Å². The molecule has 0 radical (unpaired) electrons. The van der Waals surface area contributed by atoms with Crippen LogP contribution in [0.15, 0.2) is 0 Å². The van der Waals surface area contributed by atoms with Crippen LogP contribution in [0.1, 0.15) is 10.0 Å². The Bertz CT molecular complexity index is 298. The van der Waals surface area contributed by atoms with Gasteiger partial charge in [-0.3, -0.25) is 0 Å². The SMILES string of the molecule is Cc1nc2nc(C)sc2s1. The fourth-order valence-electron chi connectivity index (χ4n) is 0.841. The van der Waals surface area contributed by atoms with Gasteiger partial charge in [-0.2, -0.15) is 0 Å². The zero-order valence-electron chi connectivity index (χ0n) is 5.71. The van der Waals surface area contributed by atoms with Gasteiger partial charge in [0.25, 0.3) is 0 Å². The molecule has 4 heteroatoms. The predicted molar refractivity (Wildman–Crippen MR) is 44.8 cm³/mol. The summed E-state index contributed by atoms with van der Waals surface area (Å²) in [4.78, 5) is 8.50. The van der Waals surface area contributed by atoms with Crippen LogP contribution in [0.4, 0.5) is 0 Å². The van der Waals surface area contributed by atoms with E-state index >= 15 is 0 Å². The molecule has 0 fully saturated rings. The molecule has 0 aliphatic heterocycles. The van der Waals surface area contributed by atoms with Crippen LogP contribution in [0.5, 0.6) is 0 Å². The molecule has 0 saturated heterocycles. The number of thiazole rings is 2. The van der Waals surface area contributed by atoms with Gasteiger partial charge in [0.1, 0.15) is 4.01 Å². The Labute approximate surface area is 66.6 Å². The van der Waals surface area contributed by atoms with E-state index in [1.807, 2.05) is 13.8 Å². The van der Waals surface area contributed by atoms with E-state index in [9.17, 15) is 0 Å². The first kappa shape index (κ1) is 6.24. The largest absolute Gasteiger partial charge is 0.221 e. The van der Waals surface area contributed by atoms with Crippen molar-refractivity contribution in [2.75, 3.05) is 0 Å². The molecular formula is C6H6N2S2. The fraction of sp³-hybridized carbons (Fsp3) is 0.333. The molecule has 2 nitrogen and oxygen atoms in total. The molecule has 0 aliphatic rings. The molecule has 0 spiro atoms. The minimum Gasteiger partial charge on any atom is -0.221 e. The van der Waals surface area contributed by atoms with E-state index in [1.54, 1.807) is 22.7 Å². The summed E-state index contributed by atoms with van der Waals surface area (Å²) in [6, 6.07) is 0. The summed E-state index contributed by atoms with van der Waals surface area (Å²) in [5.74, 6) is 0. The van der Waals surface area contributed by atoms with Crippen molar-refractivity contribution in [3.05, 3.63) is 10.0 Å². The number of fused-ring (bicyclic) bond motifs is 1. The highest BCUT2D eigenvalue weighted by Gasteiger charge is 2.03. The standard InChI is InChI=1S/C6H6N2S2/c1-3-7-5-6(9-3)10-4(2)8-5/h1-2H3. The quantitative estimate of drug-likeness (QED) is 0.606. The molecule has 2 rings (SSSR count). The first-order valence-corrected chi connectivity index (χ1v) is 4.59. The summed E-state index contributed by atoms with van der Waals surface area (Å²) in [7, 11) is 0. The second-order valence-corrected chi connectivity index (χ2v) is 4.74.